The monoisotopic (exact) mass is 466 g/mol. The fourth-order valence-electron chi connectivity index (χ4n) is 4.13. The van der Waals surface area contributed by atoms with E-state index in [1.54, 1.807) is 6.08 Å². The summed E-state index contributed by atoms with van der Waals surface area (Å²) in [6.07, 6.45) is 2.60. The summed E-state index contributed by atoms with van der Waals surface area (Å²) in [6, 6.07) is 16.9. The van der Waals surface area contributed by atoms with E-state index in [9.17, 15) is 13.2 Å². The Morgan fingerprint density at radius 2 is 1.76 bits per heavy atom. The lowest BCUT2D eigenvalue weighted by Gasteiger charge is -2.31. The lowest BCUT2D eigenvalue weighted by atomic mass is 9.95. The third-order valence-electron chi connectivity index (χ3n) is 6.08. The van der Waals surface area contributed by atoms with Crippen molar-refractivity contribution in [1.29, 1.82) is 0 Å². The summed E-state index contributed by atoms with van der Waals surface area (Å²) in [5.74, 6) is 0.620. The van der Waals surface area contributed by atoms with Gasteiger partial charge in [-0.2, -0.15) is 4.31 Å². The van der Waals surface area contributed by atoms with Gasteiger partial charge >= 0.3 is 0 Å². The van der Waals surface area contributed by atoms with Gasteiger partial charge in [0, 0.05) is 24.4 Å². The van der Waals surface area contributed by atoms with E-state index >= 15 is 0 Å². The molecule has 2 heterocycles. The summed E-state index contributed by atoms with van der Waals surface area (Å²) < 4.78 is 26.9. The number of imidazole rings is 1. The predicted octanol–water partition coefficient (Wildman–Crippen LogP) is 4.09. The second-order valence-corrected chi connectivity index (χ2v) is 10.6. The molecule has 0 saturated carbocycles. The van der Waals surface area contributed by atoms with Gasteiger partial charge in [0.05, 0.1) is 17.1 Å². The first-order valence-electron chi connectivity index (χ1n) is 11.3. The molecule has 1 saturated heterocycles. The maximum Gasteiger partial charge on any atom is 0.236 e. The van der Waals surface area contributed by atoms with E-state index in [2.05, 4.69) is 15.3 Å². The lowest BCUT2D eigenvalue weighted by molar-refractivity contribution is -0.127. The molecule has 0 spiro atoms. The molecule has 2 N–H and O–H groups in total. The number of benzene rings is 2. The Kier molecular flexibility index (Phi) is 6.95. The molecule has 7 nitrogen and oxygen atoms in total. The number of hydrogen-bond donors (Lipinski definition) is 2. The van der Waals surface area contributed by atoms with Crippen LogP contribution in [0.1, 0.15) is 44.1 Å². The van der Waals surface area contributed by atoms with E-state index < -0.39 is 10.0 Å². The van der Waals surface area contributed by atoms with Gasteiger partial charge in [0.25, 0.3) is 0 Å². The molecule has 1 atom stereocenters. The Morgan fingerprint density at radius 3 is 2.42 bits per heavy atom. The van der Waals surface area contributed by atoms with Gasteiger partial charge in [-0.15, -0.1) is 0 Å². The van der Waals surface area contributed by atoms with Gasteiger partial charge < -0.3 is 10.3 Å². The number of hydrogen-bond acceptors (Lipinski definition) is 4. The number of piperidine rings is 1. The first kappa shape index (κ1) is 23.2. The van der Waals surface area contributed by atoms with Crippen LogP contribution in [0.25, 0.3) is 17.1 Å². The van der Waals surface area contributed by atoms with E-state index in [1.807, 2.05) is 68.4 Å². The predicted molar refractivity (Wildman–Crippen MR) is 131 cm³/mol. The molecular formula is C25H30N4O3S. The molecular weight excluding hydrogens is 436 g/mol. The number of fused-ring (bicyclic) bond motifs is 1. The SMILES string of the molecule is CC(C)C(NC(=O)C1CCN(S(=O)(=O)C=Cc2ccccc2)CC1)c1nc2ccccc2[nH]1. The highest BCUT2D eigenvalue weighted by Gasteiger charge is 2.32. The van der Waals surface area contributed by atoms with Crippen LogP contribution >= 0.6 is 0 Å². The van der Waals surface area contributed by atoms with Crippen molar-refractivity contribution in [2.24, 2.45) is 11.8 Å². The molecule has 0 bridgehead atoms. The van der Waals surface area contributed by atoms with Crippen LogP contribution < -0.4 is 5.32 Å². The normalized spacial score (nSPS) is 17.1. The number of H-pyrrole nitrogens is 1. The van der Waals surface area contributed by atoms with Gasteiger partial charge in [-0.25, -0.2) is 13.4 Å². The van der Waals surface area contributed by atoms with Gasteiger partial charge in [0.1, 0.15) is 5.82 Å². The van der Waals surface area contributed by atoms with Crippen molar-refractivity contribution in [3.05, 3.63) is 71.4 Å². The molecule has 1 aliphatic heterocycles. The molecule has 33 heavy (non-hydrogen) atoms. The first-order chi connectivity index (χ1) is 15.8. The molecule has 2 aromatic carbocycles. The van der Waals surface area contributed by atoms with Crippen molar-refractivity contribution in [2.75, 3.05) is 13.1 Å². The molecule has 1 unspecified atom stereocenters. The van der Waals surface area contributed by atoms with Crippen molar-refractivity contribution in [1.82, 2.24) is 19.6 Å². The summed E-state index contributed by atoms with van der Waals surface area (Å²) in [6.45, 7) is 4.76. The Hall–Kier alpha value is -2.97. The van der Waals surface area contributed by atoms with Crippen LogP contribution in [-0.4, -0.2) is 41.7 Å². The average molecular weight is 467 g/mol. The zero-order chi connectivity index (χ0) is 23.4. The van der Waals surface area contributed by atoms with E-state index in [4.69, 9.17) is 0 Å². The molecule has 174 valence electrons. The minimum Gasteiger partial charge on any atom is -0.346 e. The Bertz CT molecular complexity index is 1190. The number of rotatable bonds is 7. The van der Waals surface area contributed by atoms with E-state index in [-0.39, 0.29) is 23.8 Å². The van der Waals surface area contributed by atoms with Gasteiger partial charge in [0.15, 0.2) is 0 Å². The lowest BCUT2D eigenvalue weighted by Crippen LogP contribution is -2.44. The van der Waals surface area contributed by atoms with Crippen LogP contribution in [0, 0.1) is 11.8 Å². The average Bonchev–Trinajstić information content (AvgIpc) is 3.25. The largest absolute Gasteiger partial charge is 0.346 e. The van der Waals surface area contributed by atoms with Gasteiger partial charge in [0.2, 0.25) is 15.9 Å². The van der Waals surface area contributed by atoms with E-state index in [0.29, 0.717) is 25.9 Å². The highest BCUT2D eigenvalue weighted by Crippen LogP contribution is 2.25. The number of aromatic amines is 1. The maximum absolute atomic E-state index is 13.0. The Balaban J connectivity index is 1.37. The molecule has 1 aliphatic rings. The number of aromatic nitrogens is 2. The van der Waals surface area contributed by atoms with Crippen LogP contribution in [0.4, 0.5) is 0 Å². The quantitative estimate of drug-likeness (QED) is 0.548. The van der Waals surface area contributed by atoms with Crippen LogP contribution in [-0.2, 0) is 14.8 Å². The second kappa shape index (κ2) is 9.89. The number of nitrogens with zero attached hydrogens (tertiary/aromatic N) is 2. The topological polar surface area (TPSA) is 95.2 Å². The third kappa shape index (κ3) is 5.51. The van der Waals surface area contributed by atoms with Crippen LogP contribution in [0.15, 0.2) is 60.0 Å². The van der Waals surface area contributed by atoms with Crippen molar-refractivity contribution >= 4 is 33.0 Å². The van der Waals surface area contributed by atoms with Gasteiger partial charge in [-0.1, -0.05) is 56.3 Å². The molecule has 4 rings (SSSR count). The van der Waals surface area contributed by atoms with Crippen molar-refractivity contribution in [3.63, 3.8) is 0 Å². The maximum atomic E-state index is 13.0. The van der Waals surface area contributed by atoms with E-state index in [1.165, 1.54) is 9.71 Å². The van der Waals surface area contributed by atoms with Crippen LogP contribution in [0.3, 0.4) is 0 Å². The fourth-order valence-corrected chi connectivity index (χ4v) is 5.35. The summed E-state index contributed by atoms with van der Waals surface area (Å²) >= 11 is 0. The molecule has 1 aromatic heterocycles. The van der Waals surface area contributed by atoms with Crippen molar-refractivity contribution in [2.45, 2.75) is 32.7 Å². The van der Waals surface area contributed by atoms with Crippen LogP contribution in [0.2, 0.25) is 0 Å². The standard InChI is InChI=1S/C25H30N4O3S/c1-18(2)23(24-26-21-10-6-7-11-22(21)27-24)28-25(30)20-12-15-29(16-13-20)33(31,32)17-14-19-8-4-3-5-9-19/h3-11,14,17-18,20,23H,12-13,15-16H2,1-2H3,(H,26,27)(H,28,30). The zero-order valence-electron chi connectivity index (χ0n) is 18.9. The zero-order valence-corrected chi connectivity index (χ0v) is 19.8. The highest BCUT2D eigenvalue weighted by molar-refractivity contribution is 7.92. The number of para-hydroxylation sites is 2. The second-order valence-electron chi connectivity index (χ2n) is 8.80. The molecule has 8 heteroatoms. The minimum absolute atomic E-state index is 0.0500. The number of amides is 1. The summed E-state index contributed by atoms with van der Waals surface area (Å²) in [5.41, 5.74) is 2.64. The molecule has 0 aliphatic carbocycles. The Labute approximate surface area is 195 Å². The smallest absolute Gasteiger partial charge is 0.236 e. The number of sulfonamides is 1. The third-order valence-corrected chi connectivity index (χ3v) is 7.65. The molecule has 1 fully saturated rings. The van der Waals surface area contributed by atoms with Gasteiger partial charge in [-0.05, 0) is 42.5 Å². The fraction of sp³-hybridized carbons (Fsp3) is 0.360. The Morgan fingerprint density at radius 1 is 1.09 bits per heavy atom. The van der Waals surface area contributed by atoms with Gasteiger partial charge in [-0.3, -0.25) is 4.79 Å². The number of nitrogens with one attached hydrogen (secondary N) is 2. The van der Waals surface area contributed by atoms with Crippen molar-refractivity contribution < 1.29 is 13.2 Å². The van der Waals surface area contributed by atoms with Crippen molar-refractivity contribution in [3.8, 4) is 0 Å². The molecule has 3 aromatic rings. The number of carbonyl (C=O) groups excluding carboxylic acids is 1. The highest BCUT2D eigenvalue weighted by atomic mass is 32.2. The number of carbonyl (C=O) groups is 1. The van der Waals surface area contributed by atoms with E-state index in [0.717, 1.165) is 22.4 Å². The molecule has 1 amide bonds. The summed E-state index contributed by atoms with van der Waals surface area (Å²) in [4.78, 5) is 21.0. The summed E-state index contributed by atoms with van der Waals surface area (Å²) in [7, 11) is -3.52. The summed E-state index contributed by atoms with van der Waals surface area (Å²) in [5, 5.41) is 4.40. The van der Waals surface area contributed by atoms with Crippen LogP contribution in [0.5, 0.6) is 0 Å². The first-order valence-corrected chi connectivity index (χ1v) is 12.8. The molecule has 0 radical (unpaired) electrons. The minimum atomic E-state index is -3.52.